The van der Waals surface area contributed by atoms with E-state index in [1.165, 1.54) is 16.7 Å². The van der Waals surface area contributed by atoms with Gasteiger partial charge in [-0.2, -0.15) is 0 Å². The maximum absolute atomic E-state index is 13.8. The summed E-state index contributed by atoms with van der Waals surface area (Å²) in [5.41, 5.74) is 3.99. The molecule has 30 heavy (non-hydrogen) atoms. The Morgan fingerprint density at radius 2 is 1.10 bits per heavy atom. The lowest BCUT2D eigenvalue weighted by molar-refractivity contribution is 0.0958. The highest BCUT2D eigenvalue weighted by Gasteiger charge is 2.69. The first-order valence-corrected chi connectivity index (χ1v) is 11.0. The molecule has 0 aliphatic heterocycles. The van der Waals surface area contributed by atoms with Crippen LogP contribution in [0.25, 0.3) is 0 Å². The van der Waals surface area contributed by atoms with E-state index in [0.29, 0.717) is 0 Å². The second-order valence-corrected chi connectivity index (χ2v) is 8.75. The Balaban J connectivity index is 1.72. The van der Waals surface area contributed by atoms with Crippen LogP contribution < -0.4 is 0 Å². The summed E-state index contributed by atoms with van der Waals surface area (Å²) in [4.78, 5) is 13.8. The van der Waals surface area contributed by atoms with E-state index in [-0.39, 0.29) is 23.0 Å². The van der Waals surface area contributed by atoms with Crippen LogP contribution in [0.2, 0.25) is 0 Å². The fourth-order valence-corrected chi connectivity index (χ4v) is 5.23. The van der Waals surface area contributed by atoms with E-state index in [4.69, 9.17) is 0 Å². The first kappa shape index (κ1) is 19.0. The van der Waals surface area contributed by atoms with Gasteiger partial charge in [0.15, 0.2) is 5.78 Å². The van der Waals surface area contributed by atoms with Crippen LogP contribution in [0.4, 0.5) is 0 Å². The van der Waals surface area contributed by atoms with Gasteiger partial charge in [-0.1, -0.05) is 119 Å². The third kappa shape index (κ3) is 3.03. The van der Waals surface area contributed by atoms with Crippen LogP contribution in [-0.4, -0.2) is 5.78 Å². The third-order valence-corrected chi connectivity index (χ3v) is 6.81. The summed E-state index contributed by atoms with van der Waals surface area (Å²) >= 11 is 3.48. The van der Waals surface area contributed by atoms with E-state index >= 15 is 0 Å². The molecule has 1 aliphatic carbocycles. The molecule has 0 N–H and O–H groups in total. The predicted octanol–water partition coefficient (Wildman–Crippen LogP) is 7.03. The van der Waals surface area contributed by atoms with Crippen molar-refractivity contribution in [2.45, 2.75) is 11.3 Å². The van der Waals surface area contributed by atoms with Gasteiger partial charge in [-0.3, -0.25) is 4.79 Å². The van der Waals surface area contributed by atoms with Crippen molar-refractivity contribution >= 4 is 21.7 Å². The first-order chi connectivity index (χ1) is 14.7. The molecule has 1 aliphatic rings. The van der Waals surface area contributed by atoms with Crippen LogP contribution in [0, 0.1) is 5.92 Å². The van der Waals surface area contributed by atoms with Crippen molar-refractivity contribution in [2.24, 2.45) is 5.92 Å². The smallest absolute Gasteiger partial charge is 0.167 e. The van der Waals surface area contributed by atoms with Crippen molar-refractivity contribution in [3.63, 3.8) is 0 Å². The summed E-state index contributed by atoms with van der Waals surface area (Å²) in [5.74, 6) is 0.148. The monoisotopic (exact) mass is 452 g/mol. The third-order valence-electron chi connectivity index (χ3n) is 6.28. The highest BCUT2D eigenvalue weighted by molar-refractivity contribution is 9.10. The topological polar surface area (TPSA) is 17.1 Å². The van der Waals surface area contributed by atoms with E-state index in [1.54, 1.807) is 0 Å². The fourth-order valence-electron chi connectivity index (χ4n) is 4.97. The number of ketones is 1. The van der Waals surface area contributed by atoms with Gasteiger partial charge >= 0.3 is 0 Å². The van der Waals surface area contributed by atoms with Crippen LogP contribution in [0.1, 0.15) is 33.0 Å². The summed E-state index contributed by atoms with van der Waals surface area (Å²) in [7, 11) is 0. The largest absolute Gasteiger partial charge is 0.294 e. The maximum Gasteiger partial charge on any atom is 0.167 e. The van der Waals surface area contributed by atoms with Gasteiger partial charge in [-0.15, -0.1) is 0 Å². The Bertz CT molecular complexity index is 1110. The lowest BCUT2D eigenvalue weighted by atomic mass is 9.82. The molecule has 0 saturated heterocycles. The van der Waals surface area contributed by atoms with E-state index in [9.17, 15) is 4.79 Å². The van der Waals surface area contributed by atoms with Crippen molar-refractivity contribution in [1.29, 1.82) is 0 Å². The lowest BCUT2D eigenvalue weighted by Crippen LogP contribution is -2.17. The SMILES string of the molecule is O=C(c1ccc(Br)cc1)[C@@H]1[C@H](c2ccccc2)C1(c1ccccc1)c1ccccc1. The molecule has 0 aromatic heterocycles. The first-order valence-electron chi connectivity index (χ1n) is 10.2. The summed E-state index contributed by atoms with van der Waals surface area (Å²) in [6.45, 7) is 0. The molecule has 5 rings (SSSR count). The molecule has 0 unspecified atom stereocenters. The molecule has 1 fully saturated rings. The van der Waals surface area contributed by atoms with Crippen molar-refractivity contribution < 1.29 is 4.79 Å². The average Bonchev–Trinajstić information content (AvgIpc) is 3.52. The number of carbonyl (C=O) groups is 1. The minimum Gasteiger partial charge on any atom is -0.294 e. The van der Waals surface area contributed by atoms with Gasteiger partial charge in [0.1, 0.15) is 0 Å². The van der Waals surface area contributed by atoms with E-state index < -0.39 is 0 Å². The second kappa shape index (κ2) is 7.70. The van der Waals surface area contributed by atoms with Crippen LogP contribution in [0.3, 0.4) is 0 Å². The molecular weight excluding hydrogens is 432 g/mol. The van der Waals surface area contributed by atoms with Gasteiger partial charge in [0.05, 0.1) is 0 Å². The molecule has 0 heterocycles. The molecule has 4 aromatic carbocycles. The number of carbonyl (C=O) groups excluding carboxylic acids is 1. The molecule has 1 nitrogen and oxygen atoms in total. The van der Waals surface area contributed by atoms with Crippen molar-refractivity contribution in [3.8, 4) is 0 Å². The molecule has 2 heteroatoms. The fraction of sp³-hybridized carbons (Fsp3) is 0.107. The normalized spacial score (nSPS) is 19.2. The van der Waals surface area contributed by atoms with Crippen LogP contribution in [0.15, 0.2) is 120 Å². The standard InChI is InChI=1S/C28H21BrO/c29-24-18-16-21(17-19-24)27(30)26-25(20-10-4-1-5-11-20)28(26,22-12-6-2-7-13-22)23-14-8-3-9-15-23/h1-19,25-26H/t25-,26-/m0/s1. The number of halogens is 1. The van der Waals surface area contributed by atoms with Crippen LogP contribution in [0.5, 0.6) is 0 Å². The average molecular weight is 453 g/mol. The van der Waals surface area contributed by atoms with Gasteiger partial charge in [0.25, 0.3) is 0 Å². The van der Waals surface area contributed by atoms with Crippen molar-refractivity contribution in [2.75, 3.05) is 0 Å². The molecule has 4 aromatic rings. The summed E-state index contributed by atoms with van der Waals surface area (Å²) in [5, 5.41) is 0. The molecule has 0 amide bonds. The molecule has 1 saturated carbocycles. The zero-order chi connectivity index (χ0) is 20.6. The molecule has 0 bridgehead atoms. The Hall–Kier alpha value is -2.97. The van der Waals surface area contributed by atoms with Gasteiger partial charge < -0.3 is 0 Å². The van der Waals surface area contributed by atoms with Gasteiger partial charge in [-0.05, 0) is 28.8 Å². The number of Topliss-reactive ketones (excluding diaryl/α,β-unsaturated/α-hetero) is 1. The Labute approximate surface area is 185 Å². The highest BCUT2D eigenvalue weighted by Crippen LogP contribution is 2.69. The maximum atomic E-state index is 13.8. The summed E-state index contributed by atoms with van der Waals surface area (Å²) in [6.07, 6.45) is 0. The summed E-state index contributed by atoms with van der Waals surface area (Å²) in [6, 6.07) is 39.2. The second-order valence-electron chi connectivity index (χ2n) is 7.84. The van der Waals surface area contributed by atoms with Crippen molar-refractivity contribution in [1.82, 2.24) is 0 Å². The number of hydrogen-bond donors (Lipinski definition) is 0. The summed E-state index contributed by atoms with van der Waals surface area (Å²) < 4.78 is 0.979. The lowest BCUT2D eigenvalue weighted by Gasteiger charge is -2.20. The number of benzene rings is 4. The van der Waals surface area contributed by atoms with Gasteiger partial charge in [-0.25, -0.2) is 0 Å². The number of hydrogen-bond acceptors (Lipinski definition) is 1. The minimum absolute atomic E-state index is 0.0969. The minimum atomic E-state index is -0.367. The molecule has 0 spiro atoms. The van der Waals surface area contributed by atoms with Crippen molar-refractivity contribution in [3.05, 3.63) is 142 Å². The van der Waals surface area contributed by atoms with Gasteiger partial charge in [0.2, 0.25) is 0 Å². The molecule has 0 radical (unpaired) electrons. The molecule has 146 valence electrons. The Morgan fingerprint density at radius 1 is 0.633 bits per heavy atom. The number of rotatable bonds is 5. The Morgan fingerprint density at radius 3 is 1.60 bits per heavy atom. The van der Waals surface area contributed by atoms with E-state index in [2.05, 4.69) is 88.7 Å². The Kier molecular flexibility index (Phi) is 4.88. The van der Waals surface area contributed by atoms with Crippen LogP contribution >= 0.6 is 15.9 Å². The zero-order valence-corrected chi connectivity index (χ0v) is 18.0. The predicted molar refractivity (Wildman–Crippen MR) is 125 cm³/mol. The quantitative estimate of drug-likeness (QED) is 0.297. The van der Waals surface area contributed by atoms with E-state index in [1.807, 2.05) is 42.5 Å². The van der Waals surface area contributed by atoms with Gasteiger partial charge in [0, 0.05) is 27.3 Å². The van der Waals surface area contributed by atoms with Crippen LogP contribution in [-0.2, 0) is 5.41 Å². The zero-order valence-electron chi connectivity index (χ0n) is 16.4. The van der Waals surface area contributed by atoms with E-state index in [0.717, 1.165) is 10.0 Å². The molecule has 2 atom stereocenters. The molecular formula is C28H21BrO. The highest BCUT2D eigenvalue weighted by atomic mass is 79.9.